The first-order valence-corrected chi connectivity index (χ1v) is 8.11. The number of amides is 2. The van der Waals surface area contributed by atoms with E-state index in [9.17, 15) is 9.59 Å². The van der Waals surface area contributed by atoms with E-state index < -0.39 is 6.04 Å². The molecule has 24 heavy (non-hydrogen) atoms. The number of nitrogen functional groups attached to an aromatic ring is 1. The first-order valence-electron chi connectivity index (χ1n) is 7.73. The molecule has 2 amide bonds. The highest BCUT2D eigenvalue weighted by molar-refractivity contribution is 6.31. The second-order valence-corrected chi connectivity index (χ2v) is 6.23. The number of benzene rings is 2. The van der Waals surface area contributed by atoms with Gasteiger partial charge in [-0.05, 0) is 42.3 Å². The zero-order valence-electron chi connectivity index (χ0n) is 13.0. The van der Waals surface area contributed by atoms with Crippen LogP contribution in [0.25, 0.3) is 0 Å². The van der Waals surface area contributed by atoms with E-state index in [-0.39, 0.29) is 18.2 Å². The predicted octanol–water partition coefficient (Wildman–Crippen LogP) is 2.39. The molecule has 1 aliphatic heterocycles. The molecule has 124 valence electrons. The van der Waals surface area contributed by atoms with Crippen molar-refractivity contribution in [2.45, 2.75) is 18.9 Å². The van der Waals surface area contributed by atoms with Gasteiger partial charge in [-0.15, -0.1) is 0 Å². The minimum atomic E-state index is -0.495. The highest BCUT2D eigenvalue weighted by atomic mass is 35.5. The van der Waals surface area contributed by atoms with Crippen molar-refractivity contribution >= 4 is 34.8 Å². The van der Waals surface area contributed by atoms with E-state index in [1.165, 1.54) is 0 Å². The third-order valence-corrected chi connectivity index (χ3v) is 4.24. The zero-order valence-corrected chi connectivity index (χ0v) is 13.8. The van der Waals surface area contributed by atoms with Crippen molar-refractivity contribution in [3.63, 3.8) is 0 Å². The van der Waals surface area contributed by atoms with Gasteiger partial charge in [0.2, 0.25) is 11.8 Å². The second kappa shape index (κ2) is 6.93. The van der Waals surface area contributed by atoms with Crippen molar-refractivity contribution in [2.75, 3.05) is 17.2 Å². The van der Waals surface area contributed by atoms with Crippen LogP contribution in [0.4, 0.5) is 11.4 Å². The fourth-order valence-electron chi connectivity index (χ4n) is 2.78. The van der Waals surface area contributed by atoms with E-state index in [1.54, 1.807) is 35.2 Å². The van der Waals surface area contributed by atoms with Gasteiger partial charge in [0.05, 0.1) is 6.42 Å². The van der Waals surface area contributed by atoms with E-state index in [0.717, 1.165) is 11.3 Å². The lowest BCUT2D eigenvalue weighted by Crippen LogP contribution is -2.42. The van der Waals surface area contributed by atoms with E-state index in [1.807, 2.05) is 18.2 Å². The molecule has 3 N–H and O–H groups in total. The molecule has 1 aliphatic rings. The molecule has 6 heteroatoms. The Labute approximate surface area is 145 Å². The standard InChI is InChI=1S/C18H18ClN3O2/c19-13-2-1-3-15(11-13)22-9-8-16(18(22)24)21-17(23)10-12-4-6-14(20)7-5-12/h1-7,11,16H,8-10,20H2,(H,21,23)/t16-/m1/s1. The summed E-state index contributed by atoms with van der Waals surface area (Å²) in [6.07, 6.45) is 0.806. The van der Waals surface area contributed by atoms with Crippen LogP contribution in [0.1, 0.15) is 12.0 Å². The van der Waals surface area contributed by atoms with Gasteiger partial charge >= 0.3 is 0 Å². The SMILES string of the molecule is Nc1ccc(CC(=O)N[C@@H]2CCN(c3cccc(Cl)c3)C2=O)cc1. The molecule has 0 unspecified atom stereocenters. The summed E-state index contributed by atoms with van der Waals surface area (Å²) in [6.45, 7) is 0.562. The van der Waals surface area contributed by atoms with Crippen molar-refractivity contribution in [2.24, 2.45) is 0 Å². The summed E-state index contributed by atoms with van der Waals surface area (Å²) in [4.78, 5) is 26.3. The molecular formula is C18H18ClN3O2. The summed E-state index contributed by atoms with van der Waals surface area (Å²) < 4.78 is 0. The largest absolute Gasteiger partial charge is 0.399 e. The van der Waals surface area contributed by atoms with Crippen LogP contribution >= 0.6 is 11.6 Å². The van der Waals surface area contributed by atoms with Crippen molar-refractivity contribution in [3.05, 3.63) is 59.1 Å². The number of rotatable bonds is 4. The summed E-state index contributed by atoms with van der Waals surface area (Å²) in [5, 5.41) is 3.39. The first-order chi connectivity index (χ1) is 11.5. The van der Waals surface area contributed by atoms with Crippen LogP contribution in [-0.4, -0.2) is 24.4 Å². The average Bonchev–Trinajstić information content (AvgIpc) is 2.90. The normalized spacial score (nSPS) is 17.1. The van der Waals surface area contributed by atoms with E-state index in [4.69, 9.17) is 17.3 Å². The van der Waals surface area contributed by atoms with Gasteiger partial charge in [-0.1, -0.05) is 29.8 Å². The lowest BCUT2D eigenvalue weighted by molar-refractivity contribution is -0.126. The lowest BCUT2D eigenvalue weighted by atomic mass is 10.1. The average molecular weight is 344 g/mol. The van der Waals surface area contributed by atoms with Crippen molar-refractivity contribution in [1.29, 1.82) is 0 Å². The van der Waals surface area contributed by atoms with Crippen LogP contribution in [0, 0.1) is 0 Å². The number of halogens is 1. The van der Waals surface area contributed by atoms with Crippen molar-refractivity contribution < 1.29 is 9.59 Å². The number of nitrogens with zero attached hydrogens (tertiary/aromatic N) is 1. The molecule has 2 aromatic rings. The molecule has 0 saturated carbocycles. The van der Waals surface area contributed by atoms with Gasteiger partial charge in [0, 0.05) is 22.9 Å². The highest BCUT2D eigenvalue weighted by Gasteiger charge is 2.33. The fraction of sp³-hybridized carbons (Fsp3) is 0.222. The molecule has 0 aliphatic carbocycles. The topological polar surface area (TPSA) is 75.4 Å². The molecule has 2 aromatic carbocycles. The summed E-state index contributed by atoms with van der Waals surface area (Å²) in [5.74, 6) is -0.283. The Morgan fingerprint density at radius 2 is 2.00 bits per heavy atom. The van der Waals surface area contributed by atoms with Crippen LogP contribution in [0.2, 0.25) is 5.02 Å². The van der Waals surface area contributed by atoms with Crippen LogP contribution in [-0.2, 0) is 16.0 Å². The van der Waals surface area contributed by atoms with Gasteiger partial charge in [0.15, 0.2) is 0 Å². The Morgan fingerprint density at radius 3 is 2.71 bits per heavy atom. The van der Waals surface area contributed by atoms with Gasteiger partial charge < -0.3 is 16.0 Å². The molecule has 1 atom stereocenters. The molecule has 0 aromatic heterocycles. The predicted molar refractivity (Wildman–Crippen MR) is 94.9 cm³/mol. The number of hydrogen-bond donors (Lipinski definition) is 2. The molecule has 1 saturated heterocycles. The Morgan fingerprint density at radius 1 is 1.25 bits per heavy atom. The Hall–Kier alpha value is -2.53. The lowest BCUT2D eigenvalue weighted by Gasteiger charge is -2.17. The minimum absolute atomic E-state index is 0.108. The summed E-state index contributed by atoms with van der Waals surface area (Å²) >= 11 is 5.98. The zero-order chi connectivity index (χ0) is 17.1. The molecule has 5 nitrogen and oxygen atoms in total. The van der Waals surface area contributed by atoms with Gasteiger partial charge in [0.25, 0.3) is 0 Å². The van der Waals surface area contributed by atoms with Crippen LogP contribution in [0.3, 0.4) is 0 Å². The smallest absolute Gasteiger partial charge is 0.249 e. The molecule has 0 bridgehead atoms. The molecule has 0 spiro atoms. The molecule has 1 heterocycles. The van der Waals surface area contributed by atoms with E-state index >= 15 is 0 Å². The van der Waals surface area contributed by atoms with Gasteiger partial charge in [-0.25, -0.2) is 0 Å². The van der Waals surface area contributed by atoms with Gasteiger partial charge in [0.1, 0.15) is 6.04 Å². The fourth-order valence-corrected chi connectivity index (χ4v) is 2.97. The number of nitrogens with one attached hydrogen (secondary N) is 1. The third-order valence-electron chi connectivity index (χ3n) is 4.01. The number of anilines is 2. The van der Waals surface area contributed by atoms with E-state index in [2.05, 4.69) is 5.32 Å². The Bertz CT molecular complexity index is 761. The molecular weight excluding hydrogens is 326 g/mol. The number of hydrogen-bond acceptors (Lipinski definition) is 3. The Balaban J connectivity index is 1.61. The quantitative estimate of drug-likeness (QED) is 0.837. The monoisotopic (exact) mass is 343 g/mol. The third kappa shape index (κ3) is 3.68. The van der Waals surface area contributed by atoms with Crippen LogP contribution in [0.5, 0.6) is 0 Å². The van der Waals surface area contributed by atoms with Crippen molar-refractivity contribution in [3.8, 4) is 0 Å². The second-order valence-electron chi connectivity index (χ2n) is 5.80. The number of carbonyl (C=O) groups is 2. The van der Waals surface area contributed by atoms with Gasteiger partial charge in [-0.2, -0.15) is 0 Å². The van der Waals surface area contributed by atoms with Gasteiger partial charge in [-0.3, -0.25) is 9.59 Å². The first kappa shape index (κ1) is 16.3. The summed E-state index contributed by atoms with van der Waals surface area (Å²) in [7, 11) is 0. The molecule has 0 radical (unpaired) electrons. The maximum absolute atomic E-state index is 12.5. The maximum Gasteiger partial charge on any atom is 0.249 e. The van der Waals surface area contributed by atoms with E-state index in [0.29, 0.717) is 23.7 Å². The van der Waals surface area contributed by atoms with Crippen LogP contribution in [0.15, 0.2) is 48.5 Å². The minimum Gasteiger partial charge on any atom is -0.399 e. The number of nitrogens with two attached hydrogens (primary N) is 1. The molecule has 1 fully saturated rings. The van der Waals surface area contributed by atoms with Crippen molar-refractivity contribution in [1.82, 2.24) is 5.32 Å². The Kier molecular flexibility index (Phi) is 4.71. The highest BCUT2D eigenvalue weighted by Crippen LogP contribution is 2.24. The molecule has 3 rings (SSSR count). The van der Waals surface area contributed by atoms with Crippen LogP contribution < -0.4 is 16.0 Å². The maximum atomic E-state index is 12.5. The number of carbonyl (C=O) groups excluding carboxylic acids is 2. The summed E-state index contributed by atoms with van der Waals surface area (Å²) in [5.41, 5.74) is 7.90. The summed E-state index contributed by atoms with van der Waals surface area (Å²) in [6, 6.07) is 13.8.